The molecule has 26 heavy (non-hydrogen) atoms. The van der Waals surface area contributed by atoms with E-state index in [0.717, 1.165) is 0 Å². The van der Waals surface area contributed by atoms with Crippen molar-refractivity contribution in [3.05, 3.63) is 34.4 Å². The summed E-state index contributed by atoms with van der Waals surface area (Å²) in [6.45, 7) is 3.22. The first-order valence-corrected chi connectivity index (χ1v) is 8.19. The Hall–Kier alpha value is -1.82. The van der Waals surface area contributed by atoms with E-state index in [2.05, 4.69) is 0 Å². The van der Waals surface area contributed by atoms with Crippen molar-refractivity contribution < 1.29 is 39.2 Å². The Labute approximate surface area is 149 Å². The Morgan fingerprint density at radius 2 is 1.54 bits per heavy atom. The van der Waals surface area contributed by atoms with Crippen molar-refractivity contribution in [2.75, 3.05) is 0 Å². The van der Waals surface area contributed by atoms with Crippen LogP contribution in [-0.2, 0) is 14.2 Å². The van der Waals surface area contributed by atoms with E-state index in [1.54, 1.807) is 13.8 Å². The zero-order chi connectivity index (χ0) is 19.0. The smallest absolute Gasteiger partial charge is 0.269 e. The summed E-state index contributed by atoms with van der Waals surface area (Å²) in [6.07, 6.45) is -7.81. The lowest BCUT2D eigenvalue weighted by atomic mass is 10.1. The van der Waals surface area contributed by atoms with Gasteiger partial charge < -0.3 is 34.3 Å². The van der Waals surface area contributed by atoms with Gasteiger partial charge in [0.2, 0.25) is 6.29 Å². The molecule has 10 nitrogen and oxygen atoms in total. The number of nitrogens with zero attached hydrogens (tertiary/aromatic N) is 1. The molecule has 2 heterocycles. The van der Waals surface area contributed by atoms with Gasteiger partial charge in [-0.3, -0.25) is 10.1 Å². The topological polar surface area (TPSA) is 141 Å². The fraction of sp³-hybridized carbons (Fsp3) is 0.625. The average Bonchev–Trinajstić information content (AvgIpc) is 3.00. The minimum atomic E-state index is -1.27. The van der Waals surface area contributed by atoms with Gasteiger partial charge >= 0.3 is 0 Å². The molecule has 0 saturated carbocycles. The predicted molar refractivity (Wildman–Crippen MR) is 85.3 cm³/mol. The van der Waals surface area contributed by atoms with E-state index in [1.807, 2.05) is 0 Å². The van der Waals surface area contributed by atoms with Crippen LogP contribution in [0, 0.1) is 10.1 Å². The number of aliphatic hydroxyl groups is 3. The van der Waals surface area contributed by atoms with Crippen LogP contribution in [0.4, 0.5) is 5.69 Å². The van der Waals surface area contributed by atoms with Crippen LogP contribution in [0.1, 0.15) is 13.8 Å². The molecule has 0 aromatic heterocycles. The van der Waals surface area contributed by atoms with E-state index in [4.69, 9.17) is 18.9 Å². The molecule has 0 unspecified atom stereocenters. The van der Waals surface area contributed by atoms with Gasteiger partial charge in [-0.05, 0) is 26.0 Å². The number of benzene rings is 1. The van der Waals surface area contributed by atoms with Crippen LogP contribution < -0.4 is 4.74 Å². The Bertz CT molecular complexity index is 639. The van der Waals surface area contributed by atoms with E-state index in [1.165, 1.54) is 24.3 Å². The lowest BCUT2D eigenvalue weighted by Gasteiger charge is -2.26. The molecule has 0 spiro atoms. The van der Waals surface area contributed by atoms with Crippen molar-refractivity contribution in [2.45, 2.75) is 63.1 Å². The Balaban J connectivity index is 1.70. The van der Waals surface area contributed by atoms with Crippen LogP contribution in [0.5, 0.6) is 5.75 Å². The molecule has 0 amide bonds. The summed E-state index contributed by atoms with van der Waals surface area (Å²) in [6, 6.07) is 5.37. The Kier molecular flexibility index (Phi) is 5.42. The number of nitro groups is 1. The second kappa shape index (κ2) is 7.43. The molecule has 3 N–H and O–H groups in total. The van der Waals surface area contributed by atoms with Crippen molar-refractivity contribution in [2.24, 2.45) is 0 Å². The van der Waals surface area contributed by atoms with Crippen molar-refractivity contribution >= 4 is 5.69 Å². The highest BCUT2D eigenvalue weighted by molar-refractivity contribution is 5.36. The number of rotatable bonds is 5. The normalized spacial score (nSPS) is 39.9. The van der Waals surface area contributed by atoms with Crippen LogP contribution in [0.2, 0.25) is 0 Å². The molecular weight excluding hydrogens is 350 g/mol. The van der Waals surface area contributed by atoms with Crippen molar-refractivity contribution in [3.63, 3.8) is 0 Å². The molecule has 1 aromatic carbocycles. The third-order valence-electron chi connectivity index (χ3n) is 4.48. The number of hydrogen-bond acceptors (Lipinski definition) is 9. The lowest BCUT2D eigenvalue weighted by Crippen LogP contribution is -2.43. The zero-order valence-corrected chi connectivity index (χ0v) is 14.2. The largest absolute Gasteiger partial charge is 0.462 e. The van der Waals surface area contributed by atoms with Gasteiger partial charge in [0.05, 0.1) is 17.1 Å². The molecule has 1 aromatic rings. The summed E-state index contributed by atoms with van der Waals surface area (Å²) in [5, 5.41) is 40.7. The second-order valence-corrected chi connectivity index (χ2v) is 6.36. The molecule has 144 valence electrons. The van der Waals surface area contributed by atoms with Crippen LogP contribution in [0.3, 0.4) is 0 Å². The minimum absolute atomic E-state index is 0.0867. The van der Waals surface area contributed by atoms with Crippen molar-refractivity contribution in [3.8, 4) is 5.75 Å². The van der Waals surface area contributed by atoms with E-state index >= 15 is 0 Å². The highest BCUT2D eigenvalue weighted by Crippen LogP contribution is 2.31. The molecular formula is C16H21NO9. The third-order valence-corrected chi connectivity index (χ3v) is 4.48. The zero-order valence-electron chi connectivity index (χ0n) is 14.2. The molecule has 0 aliphatic carbocycles. The maximum atomic E-state index is 10.7. The Morgan fingerprint density at radius 3 is 2.08 bits per heavy atom. The Morgan fingerprint density at radius 1 is 0.962 bits per heavy atom. The molecule has 2 aliphatic heterocycles. The molecule has 2 saturated heterocycles. The quantitative estimate of drug-likeness (QED) is 0.479. The van der Waals surface area contributed by atoms with Gasteiger partial charge in [0.1, 0.15) is 24.1 Å². The number of ether oxygens (including phenoxy) is 4. The van der Waals surface area contributed by atoms with E-state index < -0.39 is 54.1 Å². The summed E-state index contributed by atoms with van der Waals surface area (Å²) >= 11 is 0. The van der Waals surface area contributed by atoms with E-state index in [0.29, 0.717) is 0 Å². The summed E-state index contributed by atoms with van der Waals surface area (Å²) in [4.78, 5) is 10.2. The lowest BCUT2D eigenvalue weighted by molar-refractivity contribution is -0.384. The number of hydrogen-bond donors (Lipinski definition) is 3. The number of nitro benzene ring substituents is 1. The minimum Gasteiger partial charge on any atom is -0.462 e. The van der Waals surface area contributed by atoms with Crippen molar-refractivity contribution in [1.29, 1.82) is 0 Å². The molecule has 0 radical (unpaired) electrons. The van der Waals surface area contributed by atoms with E-state index in [9.17, 15) is 25.4 Å². The molecule has 3 rings (SSSR count). The molecule has 8 atom stereocenters. The first kappa shape index (κ1) is 19.0. The fourth-order valence-corrected chi connectivity index (χ4v) is 2.90. The first-order chi connectivity index (χ1) is 12.3. The highest BCUT2D eigenvalue weighted by atomic mass is 16.8. The standard InChI is InChI=1S/C16H21NO9/c1-7-11(18)13(20)15(23-7)26-14-12(19)8(2)24-16(14)25-10-5-3-9(4-6-10)17(21)22/h3-8,11-16,18-20H,1-2H3/t7-,8-,11-,12-,13+,14+,15-,16-/m0/s1. The number of aliphatic hydroxyl groups excluding tert-OH is 3. The number of non-ortho nitro benzene ring substituents is 1. The summed E-state index contributed by atoms with van der Waals surface area (Å²) in [5.41, 5.74) is -0.0867. The second-order valence-electron chi connectivity index (χ2n) is 6.36. The predicted octanol–water partition coefficient (Wildman–Crippen LogP) is -0.0689. The summed E-state index contributed by atoms with van der Waals surface area (Å²) < 4.78 is 22.1. The molecule has 10 heteroatoms. The molecule has 0 bridgehead atoms. The van der Waals surface area contributed by atoms with Gasteiger partial charge in [0, 0.05) is 12.1 Å². The van der Waals surface area contributed by atoms with Crippen LogP contribution >= 0.6 is 0 Å². The van der Waals surface area contributed by atoms with Crippen molar-refractivity contribution in [1.82, 2.24) is 0 Å². The van der Waals surface area contributed by atoms with E-state index in [-0.39, 0.29) is 11.4 Å². The van der Waals surface area contributed by atoms with Gasteiger partial charge in [-0.2, -0.15) is 0 Å². The maximum Gasteiger partial charge on any atom is 0.269 e. The van der Waals surface area contributed by atoms with Crippen LogP contribution in [-0.4, -0.2) is 69.4 Å². The van der Waals surface area contributed by atoms with Gasteiger partial charge in [-0.15, -0.1) is 0 Å². The third kappa shape index (κ3) is 3.65. The van der Waals surface area contributed by atoms with Crippen LogP contribution in [0.15, 0.2) is 24.3 Å². The first-order valence-electron chi connectivity index (χ1n) is 8.19. The monoisotopic (exact) mass is 371 g/mol. The van der Waals surface area contributed by atoms with Gasteiger partial charge in [0.15, 0.2) is 12.4 Å². The highest BCUT2D eigenvalue weighted by Gasteiger charge is 2.49. The molecule has 2 fully saturated rings. The SMILES string of the molecule is C[C@@H]1O[C@@H](O[C@H]2[C@H](Oc3ccc([N+](=O)[O-])cc3)O[C@@H](C)[C@@H]2O)[C@H](O)[C@H]1O. The fourth-order valence-electron chi connectivity index (χ4n) is 2.90. The van der Waals surface area contributed by atoms with Gasteiger partial charge in [-0.1, -0.05) is 0 Å². The average molecular weight is 371 g/mol. The molecule has 2 aliphatic rings. The maximum absolute atomic E-state index is 10.7. The van der Waals surface area contributed by atoms with Gasteiger partial charge in [-0.25, -0.2) is 0 Å². The van der Waals surface area contributed by atoms with Gasteiger partial charge in [0.25, 0.3) is 5.69 Å². The summed E-state index contributed by atoms with van der Waals surface area (Å²) in [5.74, 6) is 0.289. The summed E-state index contributed by atoms with van der Waals surface area (Å²) in [7, 11) is 0. The van der Waals surface area contributed by atoms with Crippen LogP contribution in [0.25, 0.3) is 0 Å².